The average Bonchev–Trinajstić information content (AvgIpc) is 1.88. The first-order chi connectivity index (χ1) is 4.35. The van der Waals surface area contributed by atoms with Crippen molar-refractivity contribution in [1.82, 2.24) is 0 Å². The fourth-order valence-corrected chi connectivity index (χ4v) is 0.481. The molecule has 0 aromatic rings. The second-order valence-electron chi connectivity index (χ2n) is 1.57. The number of allylic oxidation sites excluding steroid dienone is 2. The van der Waals surface area contributed by atoms with Gasteiger partial charge in [0, 0.05) is 19.8 Å². The monoisotopic (exact) mass is 124 g/mol. The molecule has 9 heavy (non-hydrogen) atoms. The first-order valence-electron chi connectivity index (χ1n) is 2.79. The minimum atomic E-state index is 0.517. The van der Waals surface area contributed by atoms with Gasteiger partial charge in [0.2, 0.25) is 0 Å². The Bertz CT molecular complexity index is 134. The van der Waals surface area contributed by atoms with Gasteiger partial charge < -0.3 is 5.73 Å². The normalized spacial score (nSPS) is 12.4. The maximum Gasteiger partial charge on any atom is 0.0277 e. The molecule has 0 rings (SSSR count). The summed E-state index contributed by atoms with van der Waals surface area (Å²) >= 11 is 0. The average molecular weight is 124 g/mol. The Morgan fingerprint density at radius 3 is 2.78 bits per heavy atom. The fraction of sp³-hybridized carbons (Fsp3) is 0.286. The zero-order valence-electron chi connectivity index (χ0n) is 5.67. The Morgan fingerprint density at radius 2 is 2.44 bits per heavy atom. The van der Waals surface area contributed by atoms with E-state index in [-0.39, 0.29) is 0 Å². The van der Waals surface area contributed by atoms with Crippen molar-refractivity contribution in [2.24, 2.45) is 10.7 Å². The van der Waals surface area contributed by atoms with Gasteiger partial charge in [0.25, 0.3) is 0 Å². The van der Waals surface area contributed by atoms with Gasteiger partial charge in [-0.3, -0.25) is 4.99 Å². The predicted octanol–water partition coefficient (Wildman–Crippen LogP) is 0.758. The standard InChI is InChI=1S/C7H12N2/c1-3-4-7(5-8)6-9-2/h3-4,6H,1,5,8H2,2H3/b7-4-,9-6?. The van der Waals surface area contributed by atoms with E-state index in [2.05, 4.69) is 11.6 Å². The molecule has 0 bridgehead atoms. The number of rotatable bonds is 3. The number of nitrogens with two attached hydrogens (primary N) is 1. The molecule has 0 saturated heterocycles. The summed E-state index contributed by atoms with van der Waals surface area (Å²) in [7, 11) is 1.71. The van der Waals surface area contributed by atoms with Gasteiger partial charge in [0.15, 0.2) is 0 Å². The van der Waals surface area contributed by atoms with E-state index in [1.165, 1.54) is 0 Å². The number of hydrogen-bond acceptors (Lipinski definition) is 2. The van der Waals surface area contributed by atoms with Crippen LogP contribution in [-0.4, -0.2) is 19.8 Å². The highest BCUT2D eigenvalue weighted by molar-refractivity contribution is 5.79. The molecule has 0 spiro atoms. The minimum Gasteiger partial charge on any atom is -0.326 e. The minimum absolute atomic E-state index is 0.517. The van der Waals surface area contributed by atoms with Crippen LogP contribution in [0.3, 0.4) is 0 Å². The molecule has 0 aromatic heterocycles. The molecule has 2 N–H and O–H groups in total. The molecule has 0 aliphatic carbocycles. The second kappa shape index (κ2) is 5.25. The van der Waals surface area contributed by atoms with E-state index in [0.717, 1.165) is 5.57 Å². The third kappa shape index (κ3) is 3.67. The van der Waals surface area contributed by atoms with Gasteiger partial charge in [-0.25, -0.2) is 0 Å². The van der Waals surface area contributed by atoms with Crippen molar-refractivity contribution in [2.75, 3.05) is 13.6 Å². The molecule has 0 fully saturated rings. The second-order valence-corrected chi connectivity index (χ2v) is 1.57. The van der Waals surface area contributed by atoms with Gasteiger partial charge >= 0.3 is 0 Å². The van der Waals surface area contributed by atoms with Crippen molar-refractivity contribution in [3.63, 3.8) is 0 Å². The highest BCUT2D eigenvalue weighted by atomic mass is 14.6. The molecule has 0 radical (unpaired) electrons. The molecule has 0 amide bonds. The largest absolute Gasteiger partial charge is 0.326 e. The number of aliphatic imine (C=N–C) groups is 1. The zero-order chi connectivity index (χ0) is 7.11. The molecule has 0 saturated carbocycles. The molecule has 0 atom stereocenters. The van der Waals surface area contributed by atoms with Crippen molar-refractivity contribution < 1.29 is 0 Å². The summed E-state index contributed by atoms with van der Waals surface area (Å²) in [4.78, 5) is 3.80. The molecule has 0 aromatic carbocycles. The Balaban J connectivity index is 3.96. The molecule has 0 aliphatic heterocycles. The molecule has 50 valence electrons. The summed E-state index contributed by atoms with van der Waals surface area (Å²) in [6.45, 7) is 4.05. The lowest BCUT2D eigenvalue weighted by molar-refractivity contribution is 1.21. The van der Waals surface area contributed by atoms with E-state index in [0.29, 0.717) is 6.54 Å². The van der Waals surface area contributed by atoms with Crippen molar-refractivity contribution >= 4 is 6.21 Å². The quantitative estimate of drug-likeness (QED) is 0.437. The van der Waals surface area contributed by atoms with E-state index in [1.807, 2.05) is 6.08 Å². The molecule has 2 heteroatoms. The summed E-state index contributed by atoms with van der Waals surface area (Å²) < 4.78 is 0. The van der Waals surface area contributed by atoms with Crippen LogP contribution in [0.4, 0.5) is 0 Å². The molecule has 0 aliphatic rings. The predicted molar refractivity (Wildman–Crippen MR) is 41.8 cm³/mol. The highest BCUT2D eigenvalue weighted by Gasteiger charge is 1.82. The maximum atomic E-state index is 5.34. The van der Waals surface area contributed by atoms with Crippen molar-refractivity contribution in [1.29, 1.82) is 0 Å². The van der Waals surface area contributed by atoms with E-state index in [4.69, 9.17) is 5.73 Å². The Morgan fingerprint density at radius 1 is 1.78 bits per heavy atom. The van der Waals surface area contributed by atoms with Crippen LogP contribution in [0.1, 0.15) is 0 Å². The highest BCUT2D eigenvalue weighted by Crippen LogP contribution is 1.85. The first-order valence-corrected chi connectivity index (χ1v) is 2.79. The Hall–Kier alpha value is -0.890. The Kier molecular flexibility index (Phi) is 4.73. The number of nitrogens with zero attached hydrogens (tertiary/aromatic N) is 1. The van der Waals surface area contributed by atoms with Gasteiger partial charge in [-0.2, -0.15) is 0 Å². The van der Waals surface area contributed by atoms with Crippen molar-refractivity contribution in [3.05, 3.63) is 24.3 Å². The van der Waals surface area contributed by atoms with Gasteiger partial charge in [-0.05, 0) is 5.57 Å². The lowest BCUT2D eigenvalue weighted by Crippen LogP contribution is -2.03. The summed E-state index contributed by atoms with van der Waals surface area (Å²) in [6.07, 6.45) is 5.26. The van der Waals surface area contributed by atoms with Gasteiger partial charge in [-0.15, -0.1) is 0 Å². The van der Waals surface area contributed by atoms with Crippen LogP contribution in [0.15, 0.2) is 29.3 Å². The smallest absolute Gasteiger partial charge is 0.0277 e. The maximum absolute atomic E-state index is 5.34. The van der Waals surface area contributed by atoms with Crippen LogP contribution >= 0.6 is 0 Å². The Labute approximate surface area is 55.8 Å². The molecule has 0 heterocycles. The number of hydrogen-bond donors (Lipinski definition) is 1. The molecular formula is C7H12N2. The van der Waals surface area contributed by atoms with Gasteiger partial charge in [-0.1, -0.05) is 18.7 Å². The summed E-state index contributed by atoms with van der Waals surface area (Å²) in [5.41, 5.74) is 6.33. The van der Waals surface area contributed by atoms with E-state index < -0.39 is 0 Å². The third-order valence-corrected chi connectivity index (χ3v) is 0.863. The topological polar surface area (TPSA) is 38.4 Å². The zero-order valence-corrected chi connectivity index (χ0v) is 5.67. The van der Waals surface area contributed by atoms with Gasteiger partial charge in [0.05, 0.1) is 0 Å². The van der Waals surface area contributed by atoms with Crippen LogP contribution in [0, 0.1) is 0 Å². The lowest BCUT2D eigenvalue weighted by atomic mass is 10.3. The first kappa shape index (κ1) is 8.11. The van der Waals surface area contributed by atoms with E-state index >= 15 is 0 Å². The molecule has 0 unspecified atom stereocenters. The van der Waals surface area contributed by atoms with E-state index in [9.17, 15) is 0 Å². The van der Waals surface area contributed by atoms with Crippen LogP contribution in [0.25, 0.3) is 0 Å². The van der Waals surface area contributed by atoms with Crippen LogP contribution in [0.5, 0.6) is 0 Å². The molecular weight excluding hydrogens is 112 g/mol. The summed E-state index contributed by atoms with van der Waals surface area (Å²) in [6, 6.07) is 0. The van der Waals surface area contributed by atoms with Crippen LogP contribution in [-0.2, 0) is 0 Å². The third-order valence-electron chi connectivity index (χ3n) is 0.863. The SMILES string of the molecule is C=C/C=C(\C=NC)CN. The molecule has 2 nitrogen and oxygen atoms in total. The van der Waals surface area contributed by atoms with Crippen LogP contribution < -0.4 is 5.73 Å². The van der Waals surface area contributed by atoms with Crippen molar-refractivity contribution in [2.45, 2.75) is 0 Å². The summed E-state index contributed by atoms with van der Waals surface area (Å²) in [5, 5.41) is 0. The lowest BCUT2D eigenvalue weighted by Gasteiger charge is -1.90. The van der Waals surface area contributed by atoms with E-state index in [1.54, 1.807) is 19.3 Å². The summed E-state index contributed by atoms with van der Waals surface area (Å²) in [5.74, 6) is 0. The fourth-order valence-electron chi connectivity index (χ4n) is 0.481. The van der Waals surface area contributed by atoms with Crippen molar-refractivity contribution in [3.8, 4) is 0 Å². The van der Waals surface area contributed by atoms with Crippen LogP contribution in [0.2, 0.25) is 0 Å². The van der Waals surface area contributed by atoms with Gasteiger partial charge in [0.1, 0.15) is 0 Å².